The standard InChI is InChI=1S/C31H48N5O3PS2/c1-5-39-28-18-14-27(15-19-28)34-42(37,38)29-20-16-26(17-21-29)32-30(41)33-40(31(2,3)4,35-22-10-6-7-11-23-35)36-24-12-8-9-13-25-36/h14-21,34H,5-13,22-25H2,1-4H3,(H,32,41). The summed E-state index contributed by atoms with van der Waals surface area (Å²) in [6.07, 6.45) is 9.87. The fourth-order valence-corrected chi connectivity index (χ4v) is 12.1. The van der Waals surface area contributed by atoms with Crippen LogP contribution in [0.15, 0.2) is 58.2 Å². The largest absolute Gasteiger partial charge is 0.494 e. The van der Waals surface area contributed by atoms with Gasteiger partial charge >= 0.3 is 0 Å². The lowest BCUT2D eigenvalue weighted by Gasteiger charge is -2.50. The van der Waals surface area contributed by atoms with E-state index in [0.29, 0.717) is 23.2 Å². The molecule has 0 saturated carbocycles. The highest BCUT2D eigenvalue weighted by molar-refractivity contribution is 7.92. The van der Waals surface area contributed by atoms with E-state index in [4.69, 9.17) is 21.7 Å². The Morgan fingerprint density at radius 1 is 0.833 bits per heavy atom. The van der Waals surface area contributed by atoms with E-state index >= 15 is 0 Å². The van der Waals surface area contributed by atoms with Crippen molar-refractivity contribution in [3.05, 3.63) is 48.5 Å². The van der Waals surface area contributed by atoms with E-state index in [0.717, 1.165) is 31.9 Å². The quantitative estimate of drug-likeness (QED) is 0.224. The molecule has 0 atom stereocenters. The number of nitrogens with one attached hydrogen (secondary N) is 2. The van der Waals surface area contributed by atoms with Crippen LogP contribution in [0, 0.1) is 0 Å². The lowest BCUT2D eigenvalue weighted by atomic mass is 10.2. The van der Waals surface area contributed by atoms with Gasteiger partial charge in [-0.3, -0.25) is 14.1 Å². The van der Waals surface area contributed by atoms with Gasteiger partial charge in [-0.05, 0) is 93.4 Å². The van der Waals surface area contributed by atoms with Gasteiger partial charge in [-0.25, -0.2) is 13.2 Å². The molecule has 2 heterocycles. The first kappa shape index (κ1) is 32.9. The average molecular weight is 634 g/mol. The zero-order valence-electron chi connectivity index (χ0n) is 25.6. The number of nitrogens with zero attached hydrogens (tertiary/aromatic N) is 3. The molecule has 0 unspecified atom stereocenters. The Hall–Kier alpha value is -1.97. The molecular weight excluding hydrogens is 585 g/mol. The molecule has 0 aliphatic carbocycles. The van der Waals surface area contributed by atoms with Gasteiger partial charge in [0.1, 0.15) is 13.1 Å². The Morgan fingerprint density at radius 2 is 1.31 bits per heavy atom. The molecular formula is C31H48N5O3PS2. The van der Waals surface area contributed by atoms with Crippen LogP contribution in [-0.4, -0.2) is 60.8 Å². The van der Waals surface area contributed by atoms with Crippen LogP contribution in [0.25, 0.3) is 0 Å². The molecule has 0 bridgehead atoms. The first-order valence-electron chi connectivity index (χ1n) is 15.4. The summed E-state index contributed by atoms with van der Waals surface area (Å²) in [4.78, 5) is 0.176. The topological polar surface area (TPSA) is 86.3 Å². The van der Waals surface area contributed by atoms with Crippen molar-refractivity contribution in [2.24, 2.45) is 4.74 Å². The minimum absolute atomic E-state index is 0.0715. The monoisotopic (exact) mass is 633 g/mol. The molecule has 2 aliphatic rings. The van der Waals surface area contributed by atoms with Crippen LogP contribution < -0.4 is 14.8 Å². The van der Waals surface area contributed by atoms with Crippen molar-refractivity contribution in [1.82, 2.24) is 9.34 Å². The minimum atomic E-state index is -3.75. The predicted octanol–water partition coefficient (Wildman–Crippen LogP) is 8.16. The number of sulfonamides is 1. The van der Waals surface area contributed by atoms with E-state index in [2.05, 4.69) is 40.2 Å². The number of thiocarbonyl (C=S) groups is 1. The molecule has 0 radical (unpaired) electrons. The van der Waals surface area contributed by atoms with Crippen molar-refractivity contribution in [3.63, 3.8) is 0 Å². The fraction of sp³-hybridized carbons (Fsp3) is 0.581. The van der Waals surface area contributed by atoms with Crippen LogP contribution in [0.5, 0.6) is 5.75 Å². The molecule has 0 amide bonds. The van der Waals surface area contributed by atoms with Crippen LogP contribution in [0.2, 0.25) is 0 Å². The maximum atomic E-state index is 13.0. The number of rotatable bonds is 8. The smallest absolute Gasteiger partial charge is 0.261 e. The van der Waals surface area contributed by atoms with E-state index in [1.807, 2.05) is 6.92 Å². The van der Waals surface area contributed by atoms with Crippen molar-refractivity contribution in [3.8, 4) is 5.75 Å². The summed E-state index contributed by atoms with van der Waals surface area (Å²) in [5, 5.41) is 3.73. The second-order valence-electron chi connectivity index (χ2n) is 12.1. The van der Waals surface area contributed by atoms with Crippen molar-refractivity contribution in [2.45, 2.75) is 89.1 Å². The third kappa shape index (κ3) is 8.14. The summed E-state index contributed by atoms with van der Waals surface area (Å²) >= 11 is 5.94. The van der Waals surface area contributed by atoms with Crippen molar-refractivity contribution in [1.29, 1.82) is 0 Å². The zero-order valence-corrected chi connectivity index (χ0v) is 28.2. The molecule has 0 aromatic heterocycles. The lowest BCUT2D eigenvalue weighted by molar-refractivity contribution is 0.340. The first-order chi connectivity index (χ1) is 20.0. The van der Waals surface area contributed by atoms with Gasteiger partial charge in [0.25, 0.3) is 10.0 Å². The second-order valence-corrected chi connectivity index (χ2v) is 18.0. The van der Waals surface area contributed by atoms with Gasteiger partial charge in [0.15, 0.2) is 5.11 Å². The Bertz CT molecular complexity index is 1300. The molecule has 0 spiro atoms. The van der Waals surface area contributed by atoms with Crippen LogP contribution in [0.4, 0.5) is 11.4 Å². The van der Waals surface area contributed by atoms with Gasteiger partial charge < -0.3 is 10.1 Å². The normalized spacial score (nSPS) is 18.0. The highest BCUT2D eigenvalue weighted by atomic mass is 32.2. The molecule has 8 nitrogen and oxygen atoms in total. The van der Waals surface area contributed by atoms with Crippen molar-refractivity contribution < 1.29 is 13.2 Å². The maximum Gasteiger partial charge on any atom is 0.261 e. The Kier molecular flexibility index (Phi) is 11.5. The summed E-state index contributed by atoms with van der Waals surface area (Å²) in [7, 11) is -5.94. The number of anilines is 2. The molecule has 4 rings (SSSR count). The van der Waals surface area contributed by atoms with E-state index < -0.39 is 17.4 Å². The number of ether oxygens (including phenoxy) is 1. The molecule has 11 heteroatoms. The summed E-state index contributed by atoms with van der Waals surface area (Å²) < 4.78 is 45.0. The number of hydrogen-bond donors (Lipinski definition) is 2. The lowest BCUT2D eigenvalue weighted by Crippen LogP contribution is -2.42. The Balaban J connectivity index is 1.57. The van der Waals surface area contributed by atoms with Crippen LogP contribution in [-0.2, 0) is 10.0 Å². The third-order valence-corrected chi connectivity index (χ3v) is 14.3. The van der Waals surface area contributed by atoms with Crippen molar-refractivity contribution >= 4 is 46.1 Å². The number of hydrogen-bond acceptors (Lipinski definition) is 4. The highest BCUT2D eigenvalue weighted by Crippen LogP contribution is 2.67. The molecule has 2 aromatic carbocycles. The average Bonchev–Trinajstić information content (AvgIpc) is 3.39. The molecule has 42 heavy (non-hydrogen) atoms. The highest BCUT2D eigenvalue weighted by Gasteiger charge is 2.44. The minimum Gasteiger partial charge on any atom is -0.494 e. The van der Waals surface area contributed by atoms with Gasteiger partial charge in [0.2, 0.25) is 0 Å². The van der Waals surface area contributed by atoms with Gasteiger partial charge in [0, 0.05) is 42.7 Å². The van der Waals surface area contributed by atoms with Gasteiger partial charge in [-0.2, -0.15) is 0 Å². The van der Waals surface area contributed by atoms with E-state index in [1.54, 1.807) is 48.5 Å². The summed E-state index contributed by atoms with van der Waals surface area (Å²) in [5.41, 5.74) is 1.20. The van der Waals surface area contributed by atoms with Gasteiger partial charge in [0.05, 0.1) is 11.5 Å². The van der Waals surface area contributed by atoms with E-state index in [1.165, 1.54) is 51.4 Å². The van der Waals surface area contributed by atoms with Gasteiger partial charge in [-0.15, -0.1) is 0 Å². The second kappa shape index (κ2) is 14.7. The van der Waals surface area contributed by atoms with Crippen molar-refractivity contribution in [2.75, 3.05) is 42.8 Å². The molecule has 2 aliphatic heterocycles. The molecule has 2 fully saturated rings. The Morgan fingerprint density at radius 3 is 1.76 bits per heavy atom. The SMILES string of the molecule is CCOc1ccc(NS(=O)(=O)c2ccc(NC(=S)N=P(N3CCCCCC3)(N3CCCCCC3)C(C)(C)C)cc2)cc1. The van der Waals surface area contributed by atoms with Gasteiger partial charge in [-0.1, -0.05) is 46.5 Å². The Labute approximate surface area is 258 Å². The predicted molar refractivity (Wildman–Crippen MR) is 180 cm³/mol. The number of benzene rings is 2. The third-order valence-electron chi connectivity index (χ3n) is 7.92. The van der Waals surface area contributed by atoms with Crippen LogP contribution in [0.1, 0.15) is 79.1 Å². The van der Waals surface area contributed by atoms with E-state index in [-0.39, 0.29) is 10.1 Å². The molecule has 2 N–H and O–H groups in total. The van der Waals surface area contributed by atoms with E-state index in [9.17, 15) is 8.42 Å². The summed E-state index contributed by atoms with van der Waals surface area (Å²) in [6, 6.07) is 13.6. The fourth-order valence-electron chi connectivity index (χ4n) is 5.96. The van der Waals surface area contributed by atoms with Crippen LogP contribution in [0.3, 0.4) is 0 Å². The molecule has 2 saturated heterocycles. The summed E-state index contributed by atoms with van der Waals surface area (Å²) in [6.45, 7) is 13.7. The molecule has 232 valence electrons. The molecule has 2 aromatic rings. The van der Waals surface area contributed by atoms with Crippen LogP contribution >= 0.6 is 19.6 Å². The zero-order chi connectivity index (χ0) is 30.2. The maximum absolute atomic E-state index is 13.0. The summed E-state index contributed by atoms with van der Waals surface area (Å²) in [5.74, 6) is 0.696. The first-order valence-corrected chi connectivity index (χ1v) is 18.9.